The van der Waals surface area contributed by atoms with Gasteiger partial charge in [-0.05, 0) is 48.7 Å². The molecule has 0 fully saturated rings. The van der Waals surface area contributed by atoms with E-state index in [1.165, 1.54) is 22.3 Å². The molecule has 0 aliphatic carbocycles. The van der Waals surface area contributed by atoms with Crippen LogP contribution in [0.1, 0.15) is 24.5 Å². The van der Waals surface area contributed by atoms with Crippen LogP contribution in [0.25, 0.3) is 11.1 Å². The van der Waals surface area contributed by atoms with Crippen LogP contribution in [-0.4, -0.2) is 6.54 Å². The van der Waals surface area contributed by atoms with Crippen molar-refractivity contribution in [3.05, 3.63) is 58.6 Å². The van der Waals surface area contributed by atoms with Gasteiger partial charge < -0.3 is 5.32 Å². The van der Waals surface area contributed by atoms with E-state index in [2.05, 4.69) is 43.4 Å². The Labute approximate surface area is 120 Å². The fourth-order valence-corrected chi connectivity index (χ4v) is 2.36. The van der Waals surface area contributed by atoms with Crippen molar-refractivity contribution in [2.75, 3.05) is 6.54 Å². The smallest absolute Gasteiger partial charge is 0.0412 e. The molecule has 2 rings (SSSR count). The largest absolute Gasteiger partial charge is 0.313 e. The lowest BCUT2D eigenvalue weighted by atomic mass is 9.97. The highest BCUT2D eigenvalue weighted by Crippen LogP contribution is 2.27. The van der Waals surface area contributed by atoms with Gasteiger partial charge in [-0.3, -0.25) is 0 Å². The molecule has 0 amide bonds. The maximum atomic E-state index is 6.10. The van der Waals surface area contributed by atoms with Crippen LogP contribution in [0.5, 0.6) is 0 Å². The monoisotopic (exact) mass is 273 g/mol. The van der Waals surface area contributed by atoms with Crippen molar-refractivity contribution in [3.63, 3.8) is 0 Å². The van der Waals surface area contributed by atoms with E-state index in [0.29, 0.717) is 0 Å². The molecule has 1 N–H and O–H groups in total. The predicted octanol–water partition coefficient (Wildman–Crippen LogP) is 4.82. The standard InChI is InChI=1S/C17H20ClN/c1-3-9-19-12-15-8-7-13(2)10-17(15)14-5-4-6-16(18)11-14/h4-8,10-11,19H,3,9,12H2,1-2H3. The van der Waals surface area contributed by atoms with Gasteiger partial charge in [0.1, 0.15) is 0 Å². The SMILES string of the molecule is CCCNCc1ccc(C)cc1-c1cccc(Cl)c1. The summed E-state index contributed by atoms with van der Waals surface area (Å²) < 4.78 is 0. The van der Waals surface area contributed by atoms with Gasteiger partial charge in [0.15, 0.2) is 0 Å². The molecular weight excluding hydrogens is 254 g/mol. The highest BCUT2D eigenvalue weighted by molar-refractivity contribution is 6.30. The molecule has 0 atom stereocenters. The fourth-order valence-electron chi connectivity index (χ4n) is 2.17. The third kappa shape index (κ3) is 3.82. The number of aryl methyl sites for hydroxylation is 1. The van der Waals surface area contributed by atoms with E-state index in [1.807, 2.05) is 18.2 Å². The molecule has 0 aliphatic heterocycles. The van der Waals surface area contributed by atoms with E-state index in [9.17, 15) is 0 Å². The van der Waals surface area contributed by atoms with Gasteiger partial charge >= 0.3 is 0 Å². The summed E-state index contributed by atoms with van der Waals surface area (Å²) in [4.78, 5) is 0. The van der Waals surface area contributed by atoms with Crippen molar-refractivity contribution in [1.82, 2.24) is 5.32 Å². The molecule has 0 spiro atoms. The number of hydrogen-bond acceptors (Lipinski definition) is 1. The molecular formula is C17H20ClN. The summed E-state index contributed by atoms with van der Waals surface area (Å²) in [5.74, 6) is 0. The lowest BCUT2D eigenvalue weighted by Crippen LogP contribution is -2.14. The number of benzene rings is 2. The Morgan fingerprint density at radius 1 is 1.11 bits per heavy atom. The number of rotatable bonds is 5. The lowest BCUT2D eigenvalue weighted by Gasteiger charge is -2.12. The van der Waals surface area contributed by atoms with Crippen molar-refractivity contribution in [3.8, 4) is 11.1 Å². The van der Waals surface area contributed by atoms with E-state index in [1.54, 1.807) is 0 Å². The fraction of sp³-hybridized carbons (Fsp3) is 0.294. The first-order valence-electron chi connectivity index (χ1n) is 6.77. The topological polar surface area (TPSA) is 12.0 Å². The van der Waals surface area contributed by atoms with Gasteiger partial charge in [-0.15, -0.1) is 0 Å². The van der Waals surface area contributed by atoms with Crippen LogP contribution < -0.4 is 5.32 Å². The average molecular weight is 274 g/mol. The number of halogens is 1. The zero-order valence-corrected chi connectivity index (χ0v) is 12.3. The van der Waals surface area contributed by atoms with Crippen LogP contribution in [0.4, 0.5) is 0 Å². The van der Waals surface area contributed by atoms with Crippen molar-refractivity contribution in [2.24, 2.45) is 0 Å². The van der Waals surface area contributed by atoms with E-state index in [4.69, 9.17) is 11.6 Å². The third-order valence-corrected chi connectivity index (χ3v) is 3.38. The molecule has 0 heterocycles. The van der Waals surface area contributed by atoms with Crippen LogP contribution in [-0.2, 0) is 6.54 Å². The van der Waals surface area contributed by atoms with Gasteiger partial charge in [-0.1, -0.05) is 54.4 Å². The first-order valence-corrected chi connectivity index (χ1v) is 7.14. The second kappa shape index (κ2) is 6.74. The molecule has 0 aromatic heterocycles. The molecule has 100 valence electrons. The first-order chi connectivity index (χ1) is 9.20. The summed E-state index contributed by atoms with van der Waals surface area (Å²) in [6, 6.07) is 14.7. The molecule has 2 aromatic rings. The van der Waals surface area contributed by atoms with Gasteiger partial charge in [0.25, 0.3) is 0 Å². The van der Waals surface area contributed by atoms with Crippen LogP contribution >= 0.6 is 11.6 Å². The van der Waals surface area contributed by atoms with Crippen LogP contribution in [0, 0.1) is 6.92 Å². The molecule has 0 saturated carbocycles. The summed E-state index contributed by atoms with van der Waals surface area (Å²) >= 11 is 6.10. The highest BCUT2D eigenvalue weighted by Gasteiger charge is 2.06. The van der Waals surface area contributed by atoms with Crippen molar-refractivity contribution in [2.45, 2.75) is 26.8 Å². The molecule has 2 aromatic carbocycles. The Hall–Kier alpha value is -1.31. The average Bonchev–Trinajstić information content (AvgIpc) is 2.40. The second-order valence-corrected chi connectivity index (χ2v) is 5.28. The molecule has 0 aliphatic rings. The third-order valence-electron chi connectivity index (χ3n) is 3.14. The lowest BCUT2D eigenvalue weighted by molar-refractivity contribution is 0.676. The van der Waals surface area contributed by atoms with Crippen LogP contribution in [0.3, 0.4) is 0 Å². The molecule has 0 unspecified atom stereocenters. The summed E-state index contributed by atoms with van der Waals surface area (Å²) in [7, 11) is 0. The number of hydrogen-bond donors (Lipinski definition) is 1. The Morgan fingerprint density at radius 3 is 2.68 bits per heavy atom. The predicted molar refractivity (Wildman–Crippen MR) is 83.6 cm³/mol. The molecule has 2 heteroatoms. The maximum absolute atomic E-state index is 6.10. The number of nitrogens with one attached hydrogen (secondary N) is 1. The van der Waals surface area contributed by atoms with E-state index >= 15 is 0 Å². The van der Waals surface area contributed by atoms with E-state index in [-0.39, 0.29) is 0 Å². The minimum Gasteiger partial charge on any atom is -0.313 e. The molecule has 0 saturated heterocycles. The maximum Gasteiger partial charge on any atom is 0.0412 e. The molecule has 0 bridgehead atoms. The van der Waals surface area contributed by atoms with Gasteiger partial charge in [-0.25, -0.2) is 0 Å². The Bertz CT molecular complexity index is 549. The van der Waals surface area contributed by atoms with Gasteiger partial charge in [-0.2, -0.15) is 0 Å². The minimum atomic E-state index is 0.784. The molecule has 1 nitrogen and oxygen atoms in total. The van der Waals surface area contributed by atoms with Crippen molar-refractivity contribution < 1.29 is 0 Å². The Balaban J connectivity index is 2.34. The van der Waals surface area contributed by atoms with E-state index in [0.717, 1.165) is 24.5 Å². The highest BCUT2D eigenvalue weighted by atomic mass is 35.5. The Kier molecular flexibility index (Phi) is 5.00. The summed E-state index contributed by atoms with van der Waals surface area (Å²) in [6.45, 7) is 6.25. The Morgan fingerprint density at radius 2 is 1.95 bits per heavy atom. The zero-order valence-electron chi connectivity index (χ0n) is 11.5. The van der Waals surface area contributed by atoms with Gasteiger partial charge in [0, 0.05) is 11.6 Å². The summed E-state index contributed by atoms with van der Waals surface area (Å²) in [5, 5.41) is 4.25. The minimum absolute atomic E-state index is 0.784. The van der Waals surface area contributed by atoms with Crippen LogP contribution in [0.15, 0.2) is 42.5 Å². The zero-order chi connectivity index (χ0) is 13.7. The molecule has 19 heavy (non-hydrogen) atoms. The van der Waals surface area contributed by atoms with Crippen molar-refractivity contribution >= 4 is 11.6 Å². The van der Waals surface area contributed by atoms with Gasteiger partial charge in [0.2, 0.25) is 0 Å². The quantitative estimate of drug-likeness (QED) is 0.771. The normalized spacial score (nSPS) is 10.7. The van der Waals surface area contributed by atoms with E-state index < -0.39 is 0 Å². The van der Waals surface area contributed by atoms with Crippen LogP contribution in [0.2, 0.25) is 5.02 Å². The first kappa shape index (κ1) is 14.1. The van der Waals surface area contributed by atoms with Gasteiger partial charge in [0.05, 0.1) is 0 Å². The van der Waals surface area contributed by atoms with Crippen molar-refractivity contribution in [1.29, 1.82) is 0 Å². The molecule has 0 radical (unpaired) electrons. The summed E-state index contributed by atoms with van der Waals surface area (Å²) in [5.41, 5.74) is 5.05. The second-order valence-electron chi connectivity index (χ2n) is 4.85. The summed E-state index contributed by atoms with van der Waals surface area (Å²) in [6.07, 6.45) is 1.15.